The number of unbranched alkanes of at least 4 members (excludes halogenated alkanes) is 61. The molecule has 0 bridgehead atoms. The topological polar surface area (TPSA) is 95.9 Å². The van der Waals surface area contributed by atoms with Gasteiger partial charge in [0, 0.05) is 12.8 Å². The van der Waals surface area contributed by atoms with E-state index in [9.17, 15) is 19.8 Å². The Balaban J connectivity index is 3.33. The zero-order valence-corrected chi connectivity index (χ0v) is 59.3. The molecule has 0 saturated heterocycles. The number of rotatable bonds is 76. The molecule has 0 aliphatic carbocycles. The molecule has 6 nitrogen and oxygen atoms in total. The van der Waals surface area contributed by atoms with Crippen LogP contribution < -0.4 is 5.32 Å². The maximum Gasteiger partial charge on any atom is 0.305 e. The van der Waals surface area contributed by atoms with Gasteiger partial charge in [-0.3, -0.25) is 9.59 Å². The van der Waals surface area contributed by atoms with Gasteiger partial charge in [0.2, 0.25) is 5.91 Å². The molecule has 87 heavy (non-hydrogen) atoms. The van der Waals surface area contributed by atoms with Gasteiger partial charge in [-0.2, -0.15) is 0 Å². The van der Waals surface area contributed by atoms with E-state index in [0.29, 0.717) is 25.9 Å². The lowest BCUT2D eigenvalue weighted by atomic mass is 10.0. The highest BCUT2D eigenvalue weighted by molar-refractivity contribution is 5.76. The second kappa shape index (κ2) is 76.8. The van der Waals surface area contributed by atoms with Crippen molar-refractivity contribution in [2.24, 2.45) is 0 Å². The average molecular weight is 1230 g/mol. The van der Waals surface area contributed by atoms with E-state index in [1.54, 1.807) is 0 Å². The molecular weight excluding hydrogens is 1070 g/mol. The van der Waals surface area contributed by atoms with E-state index in [2.05, 4.69) is 43.5 Å². The number of aliphatic hydroxyl groups excluding tert-OH is 2. The first-order valence-corrected chi connectivity index (χ1v) is 40.1. The van der Waals surface area contributed by atoms with Crippen LogP contribution in [-0.4, -0.2) is 47.4 Å². The average Bonchev–Trinajstić information content (AvgIpc) is 3.53. The first-order chi connectivity index (χ1) is 43.0. The van der Waals surface area contributed by atoms with Gasteiger partial charge in [-0.1, -0.05) is 411 Å². The molecule has 1 amide bonds. The lowest BCUT2D eigenvalue weighted by Gasteiger charge is -2.22. The van der Waals surface area contributed by atoms with Gasteiger partial charge >= 0.3 is 5.97 Å². The smallest absolute Gasteiger partial charge is 0.305 e. The lowest BCUT2D eigenvalue weighted by Crippen LogP contribution is -2.45. The fourth-order valence-corrected chi connectivity index (χ4v) is 12.9. The van der Waals surface area contributed by atoms with E-state index in [0.717, 1.165) is 51.4 Å². The van der Waals surface area contributed by atoms with Crippen molar-refractivity contribution in [3.63, 3.8) is 0 Å². The summed E-state index contributed by atoms with van der Waals surface area (Å²) in [5.74, 6) is -0.00821. The SMILES string of the molecule is CCCCC/C=C\C/C=C\CCCCCCCCCCCC(=O)OCCCCCCCCCCCCCCCCCCCCCCCCCCCCCCCCC(=O)NC(CO)C(O)CCCCCCCCCCCCCCCCCCCCCCC. The van der Waals surface area contributed by atoms with E-state index in [1.165, 1.54) is 372 Å². The summed E-state index contributed by atoms with van der Waals surface area (Å²) >= 11 is 0. The molecule has 0 aromatic carbocycles. The Kier molecular flexibility index (Phi) is 75.3. The van der Waals surface area contributed by atoms with Crippen LogP contribution in [0.4, 0.5) is 0 Å². The van der Waals surface area contributed by atoms with Crippen LogP contribution in [0.3, 0.4) is 0 Å². The van der Waals surface area contributed by atoms with Gasteiger partial charge in [-0.25, -0.2) is 0 Å². The molecule has 0 aliphatic heterocycles. The summed E-state index contributed by atoms with van der Waals surface area (Å²) in [6, 6.07) is -0.539. The van der Waals surface area contributed by atoms with Gasteiger partial charge in [0.15, 0.2) is 0 Å². The van der Waals surface area contributed by atoms with Crippen LogP contribution in [0.5, 0.6) is 0 Å². The zero-order valence-electron chi connectivity index (χ0n) is 59.3. The first kappa shape index (κ1) is 85.3. The number of nitrogens with one attached hydrogen (secondary N) is 1. The largest absolute Gasteiger partial charge is 0.466 e. The number of hydrogen-bond acceptors (Lipinski definition) is 5. The maximum absolute atomic E-state index is 12.6. The van der Waals surface area contributed by atoms with Crippen molar-refractivity contribution < 1.29 is 24.5 Å². The summed E-state index contributed by atoms with van der Waals surface area (Å²) in [6.45, 7) is 4.98. The van der Waals surface area contributed by atoms with E-state index >= 15 is 0 Å². The third-order valence-corrected chi connectivity index (χ3v) is 19.0. The molecule has 6 heteroatoms. The summed E-state index contributed by atoms with van der Waals surface area (Å²) in [6.07, 6.45) is 98.4. The van der Waals surface area contributed by atoms with Gasteiger partial charge < -0.3 is 20.3 Å². The summed E-state index contributed by atoms with van der Waals surface area (Å²) in [7, 11) is 0. The quantitative estimate of drug-likeness (QED) is 0.0320. The zero-order chi connectivity index (χ0) is 62.8. The molecule has 0 aliphatic rings. The molecule has 0 spiro atoms. The minimum atomic E-state index is -0.662. The second-order valence-electron chi connectivity index (χ2n) is 27.8. The molecule has 0 aromatic rings. The van der Waals surface area contributed by atoms with Gasteiger partial charge in [-0.05, 0) is 57.8 Å². The standard InChI is InChI=1S/C81H157NO5/c1-3-5-7-9-11-13-15-17-19-21-23-34-38-41-45-49-53-57-61-65-69-73-79(84)78(77-83)82-80(85)74-70-66-62-58-54-50-46-42-39-35-32-30-28-26-24-25-27-29-31-33-36-40-44-48-52-56-60-64-68-72-76-87-81(86)75-71-67-63-59-55-51-47-43-37-22-20-18-16-14-12-10-8-6-4-2/h12,14,18,20,78-79,83-84H,3-11,13,15-17,19,21-77H2,1-2H3,(H,82,85)/b14-12-,20-18-. The van der Waals surface area contributed by atoms with Crippen molar-refractivity contribution in [2.45, 2.75) is 469 Å². The number of ether oxygens (including phenoxy) is 1. The Morgan fingerprint density at radius 1 is 0.322 bits per heavy atom. The fraction of sp³-hybridized carbons (Fsp3) is 0.926. The van der Waals surface area contributed by atoms with E-state index in [-0.39, 0.29) is 18.5 Å². The van der Waals surface area contributed by atoms with Crippen molar-refractivity contribution in [3.05, 3.63) is 24.3 Å². The van der Waals surface area contributed by atoms with Crippen LogP contribution in [0.15, 0.2) is 24.3 Å². The van der Waals surface area contributed by atoms with Gasteiger partial charge in [0.1, 0.15) is 0 Å². The first-order valence-electron chi connectivity index (χ1n) is 40.1. The number of aliphatic hydroxyl groups is 2. The van der Waals surface area contributed by atoms with Crippen LogP contribution in [-0.2, 0) is 14.3 Å². The minimum absolute atomic E-state index is 0.0175. The molecule has 0 fully saturated rings. The molecule has 516 valence electrons. The Morgan fingerprint density at radius 2 is 0.575 bits per heavy atom. The van der Waals surface area contributed by atoms with E-state index < -0.39 is 12.1 Å². The van der Waals surface area contributed by atoms with Gasteiger partial charge in [0.25, 0.3) is 0 Å². The molecule has 0 rings (SSSR count). The molecule has 0 radical (unpaired) electrons. The molecular formula is C81H157NO5. The highest BCUT2D eigenvalue weighted by atomic mass is 16.5. The maximum atomic E-state index is 12.6. The third-order valence-electron chi connectivity index (χ3n) is 19.0. The van der Waals surface area contributed by atoms with Crippen LogP contribution in [0, 0.1) is 0 Å². The molecule has 3 N–H and O–H groups in total. The number of allylic oxidation sites excluding steroid dienone is 4. The molecule has 0 aromatic heterocycles. The Hall–Kier alpha value is -1.66. The van der Waals surface area contributed by atoms with Crippen molar-refractivity contribution in [2.75, 3.05) is 13.2 Å². The Morgan fingerprint density at radius 3 is 0.897 bits per heavy atom. The summed E-state index contributed by atoms with van der Waals surface area (Å²) in [4.78, 5) is 24.7. The number of carbonyl (C=O) groups is 2. The Labute approximate surface area is 545 Å². The van der Waals surface area contributed by atoms with Crippen molar-refractivity contribution in [3.8, 4) is 0 Å². The third kappa shape index (κ3) is 73.3. The number of hydrogen-bond donors (Lipinski definition) is 3. The number of esters is 1. The van der Waals surface area contributed by atoms with Crippen LogP contribution in [0.2, 0.25) is 0 Å². The predicted octanol–water partition coefficient (Wildman–Crippen LogP) is 26.4. The van der Waals surface area contributed by atoms with Gasteiger partial charge in [0.05, 0.1) is 25.4 Å². The highest BCUT2D eigenvalue weighted by Gasteiger charge is 2.20. The van der Waals surface area contributed by atoms with Crippen molar-refractivity contribution in [1.29, 1.82) is 0 Å². The van der Waals surface area contributed by atoms with Crippen molar-refractivity contribution in [1.82, 2.24) is 5.32 Å². The van der Waals surface area contributed by atoms with E-state index in [4.69, 9.17) is 4.74 Å². The van der Waals surface area contributed by atoms with Crippen molar-refractivity contribution >= 4 is 11.9 Å². The van der Waals surface area contributed by atoms with E-state index in [1.807, 2.05) is 0 Å². The minimum Gasteiger partial charge on any atom is -0.466 e. The summed E-state index contributed by atoms with van der Waals surface area (Å²) in [5, 5.41) is 23.5. The van der Waals surface area contributed by atoms with Crippen LogP contribution in [0.1, 0.15) is 457 Å². The predicted molar refractivity (Wildman–Crippen MR) is 384 cm³/mol. The molecule has 2 atom stereocenters. The number of amides is 1. The van der Waals surface area contributed by atoms with Crippen LogP contribution in [0.25, 0.3) is 0 Å². The molecule has 2 unspecified atom stereocenters. The van der Waals surface area contributed by atoms with Gasteiger partial charge in [-0.15, -0.1) is 0 Å². The highest BCUT2D eigenvalue weighted by Crippen LogP contribution is 2.20. The molecule has 0 saturated carbocycles. The number of carbonyl (C=O) groups excluding carboxylic acids is 2. The normalized spacial score (nSPS) is 12.6. The Bertz CT molecular complexity index is 1360. The summed E-state index contributed by atoms with van der Waals surface area (Å²) in [5.41, 5.74) is 0. The second-order valence-corrected chi connectivity index (χ2v) is 27.8. The summed E-state index contributed by atoms with van der Waals surface area (Å²) < 4.78 is 5.52. The monoisotopic (exact) mass is 1220 g/mol. The lowest BCUT2D eigenvalue weighted by molar-refractivity contribution is -0.143. The van der Waals surface area contributed by atoms with Crippen LogP contribution >= 0.6 is 0 Å². The fourth-order valence-electron chi connectivity index (χ4n) is 12.9. The molecule has 0 heterocycles.